The third-order valence-electron chi connectivity index (χ3n) is 2.12. The third kappa shape index (κ3) is 0.792. The molecule has 2 heterocycles. The molecule has 0 fully saturated rings. The number of amidine groups is 1. The summed E-state index contributed by atoms with van der Waals surface area (Å²) in [5.74, 6) is 0.692. The van der Waals surface area contributed by atoms with Crippen LogP contribution in [0.3, 0.4) is 0 Å². The number of amides is 1. The molecule has 0 aromatic heterocycles. The second-order valence-corrected chi connectivity index (χ2v) is 2.79. The van der Waals surface area contributed by atoms with Crippen LogP contribution in [0.4, 0.5) is 4.79 Å². The Balaban J connectivity index is 2.37. The first-order valence-electron chi connectivity index (χ1n) is 3.74. The van der Waals surface area contributed by atoms with E-state index in [9.17, 15) is 9.90 Å². The van der Waals surface area contributed by atoms with Crippen molar-refractivity contribution in [3.05, 3.63) is 12.3 Å². The van der Waals surface area contributed by atoms with Crippen LogP contribution in [0, 0.1) is 0 Å². The first-order valence-corrected chi connectivity index (χ1v) is 3.74. The first kappa shape index (κ1) is 7.15. The summed E-state index contributed by atoms with van der Waals surface area (Å²) in [4.78, 5) is 10.6. The van der Waals surface area contributed by atoms with Gasteiger partial charge in [-0.1, -0.05) is 0 Å². The van der Waals surface area contributed by atoms with Crippen molar-refractivity contribution < 1.29 is 14.5 Å². The Kier molecular flexibility index (Phi) is 1.33. The van der Waals surface area contributed by atoms with Gasteiger partial charge in [0.1, 0.15) is 13.1 Å². The zero-order valence-electron chi connectivity index (χ0n) is 6.73. The van der Waals surface area contributed by atoms with Crippen LogP contribution < -0.4 is 5.11 Å². The van der Waals surface area contributed by atoms with Gasteiger partial charge >= 0.3 is 5.84 Å². The van der Waals surface area contributed by atoms with Crippen molar-refractivity contribution in [3.63, 3.8) is 0 Å². The van der Waals surface area contributed by atoms with E-state index in [0.717, 1.165) is 0 Å². The number of hydrogen-bond acceptors (Lipinski definition) is 4. The van der Waals surface area contributed by atoms with Gasteiger partial charge in [0.15, 0.2) is 0 Å². The summed E-state index contributed by atoms with van der Waals surface area (Å²) in [6, 6.07) is 0. The number of nitrogens with zero attached hydrogens (tertiary/aromatic N) is 3. The Morgan fingerprint density at radius 2 is 2.50 bits per heavy atom. The maximum absolute atomic E-state index is 10.6. The highest BCUT2D eigenvalue weighted by Crippen LogP contribution is 2.12. The molecule has 64 valence electrons. The molecule has 2 rings (SSSR count). The summed E-state index contributed by atoms with van der Waals surface area (Å²) in [7, 11) is 1.88. The van der Waals surface area contributed by atoms with Crippen LogP contribution >= 0.6 is 0 Å². The average molecular weight is 167 g/mol. The highest BCUT2D eigenvalue weighted by atomic mass is 16.4. The molecule has 0 aromatic rings. The van der Waals surface area contributed by atoms with Crippen LogP contribution in [0.1, 0.15) is 0 Å². The molecule has 0 unspecified atom stereocenters. The van der Waals surface area contributed by atoms with Crippen molar-refractivity contribution in [2.75, 3.05) is 20.1 Å². The fourth-order valence-electron chi connectivity index (χ4n) is 1.50. The molecule has 5 nitrogen and oxygen atoms in total. The predicted molar refractivity (Wildman–Crippen MR) is 39.1 cm³/mol. The molecule has 12 heavy (non-hydrogen) atoms. The topological polar surface area (TPSA) is 49.6 Å². The van der Waals surface area contributed by atoms with E-state index in [1.165, 1.54) is 4.58 Å². The summed E-state index contributed by atoms with van der Waals surface area (Å²) in [5, 5.41) is 14.3. The lowest BCUT2D eigenvalue weighted by atomic mass is 10.6. The van der Waals surface area contributed by atoms with Crippen LogP contribution in [-0.4, -0.2) is 46.7 Å². The molecule has 1 amide bonds. The van der Waals surface area contributed by atoms with Gasteiger partial charge < -0.3 is 9.90 Å². The lowest BCUT2D eigenvalue weighted by molar-refractivity contribution is -0.507. The van der Waals surface area contributed by atoms with Crippen molar-refractivity contribution in [3.8, 4) is 0 Å². The second kappa shape index (κ2) is 2.23. The minimum atomic E-state index is -1.13. The van der Waals surface area contributed by atoms with Gasteiger partial charge in [0.25, 0.3) is 0 Å². The maximum Gasteiger partial charge on any atom is 0.303 e. The van der Waals surface area contributed by atoms with Gasteiger partial charge in [0.05, 0.1) is 0 Å². The van der Waals surface area contributed by atoms with E-state index in [2.05, 4.69) is 0 Å². The normalized spacial score (nSPS) is 20.8. The Bertz CT molecular complexity index is 295. The summed E-state index contributed by atoms with van der Waals surface area (Å²) in [5.41, 5.74) is 0. The molecule has 0 aromatic carbocycles. The lowest BCUT2D eigenvalue weighted by Gasteiger charge is -2.13. The number of fused-ring (bicyclic) bond motifs is 1. The van der Waals surface area contributed by atoms with Gasteiger partial charge in [-0.2, -0.15) is 5.01 Å². The van der Waals surface area contributed by atoms with Gasteiger partial charge in [-0.25, -0.2) is 9.58 Å². The lowest BCUT2D eigenvalue weighted by Crippen LogP contribution is -2.37. The highest BCUT2D eigenvalue weighted by molar-refractivity contribution is 5.93. The molecule has 5 heteroatoms. The largest absolute Gasteiger partial charge is 0.511 e. The molecule has 2 aliphatic rings. The molecule has 0 saturated heterocycles. The van der Waals surface area contributed by atoms with Crippen molar-refractivity contribution in [2.45, 2.75) is 0 Å². The van der Waals surface area contributed by atoms with Gasteiger partial charge in [0.2, 0.25) is 6.09 Å². The highest BCUT2D eigenvalue weighted by Gasteiger charge is 2.35. The average Bonchev–Trinajstić information content (AvgIpc) is 2.53. The first-order chi connectivity index (χ1) is 5.70. The Hall–Kier alpha value is -1.52. The Morgan fingerprint density at radius 3 is 3.17 bits per heavy atom. The van der Waals surface area contributed by atoms with E-state index in [4.69, 9.17) is 0 Å². The fraction of sp³-hybridized carbons (Fsp3) is 0.429. The standard InChI is InChI=1S/C7H9N3O2/c1-8-3-2-6-9(7(11)12)4-5-10(6)8/h2-3H,4-5H2,1H3. The smallest absolute Gasteiger partial charge is 0.303 e. The minimum Gasteiger partial charge on any atom is -0.511 e. The Labute approximate surface area is 69.8 Å². The SMILES string of the molecule is CN1C=CC2=[N+](C(=O)[O-])CCN21. The summed E-state index contributed by atoms with van der Waals surface area (Å²) in [6.07, 6.45) is 2.46. The Morgan fingerprint density at radius 1 is 1.75 bits per heavy atom. The summed E-state index contributed by atoms with van der Waals surface area (Å²) < 4.78 is 1.24. The van der Waals surface area contributed by atoms with Crippen molar-refractivity contribution >= 4 is 11.9 Å². The zero-order valence-corrected chi connectivity index (χ0v) is 6.73. The molecule has 2 aliphatic heterocycles. The second-order valence-electron chi connectivity index (χ2n) is 2.79. The maximum atomic E-state index is 10.6. The molecule has 0 spiro atoms. The third-order valence-corrected chi connectivity index (χ3v) is 2.12. The van der Waals surface area contributed by atoms with Crippen molar-refractivity contribution in [1.82, 2.24) is 10.0 Å². The minimum absolute atomic E-state index is 0.492. The van der Waals surface area contributed by atoms with E-state index < -0.39 is 6.09 Å². The molecule has 0 N–H and O–H groups in total. The van der Waals surface area contributed by atoms with Gasteiger partial charge in [-0.3, -0.25) is 0 Å². The van der Waals surface area contributed by atoms with E-state index in [1.807, 2.05) is 23.3 Å². The molecular formula is C7H9N3O2. The van der Waals surface area contributed by atoms with Crippen LogP contribution in [0.15, 0.2) is 12.3 Å². The van der Waals surface area contributed by atoms with E-state index in [0.29, 0.717) is 18.9 Å². The van der Waals surface area contributed by atoms with Crippen molar-refractivity contribution in [1.29, 1.82) is 0 Å². The number of hydrogen-bond donors (Lipinski definition) is 0. The molecule has 0 radical (unpaired) electrons. The fourth-order valence-corrected chi connectivity index (χ4v) is 1.50. The summed E-state index contributed by atoms with van der Waals surface area (Å²) in [6.45, 7) is 1.19. The van der Waals surface area contributed by atoms with Crippen molar-refractivity contribution in [2.24, 2.45) is 0 Å². The molecular weight excluding hydrogens is 158 g/mol. The van der Waals surface area contributed by atoms with Gasteiger partial charge in [-0.05, 0) is 0 Å². The number of carbonyl (C=O) groups excluding carboxylic acids is 1. The van der Waals surface area contributed by atoms with Crippen LogP contribution in [0.2, 0.25) is 0 Å². The number of hydrazine groups is 1. The van der Waals surface area contributed by atoms with Crippen LogP contribution in [-0.2, 0) is 0 Å². The molecule has 0 atom stereocenters. The summed E-state index contributed by atoms with van der Waals surface area (Å²) >= 11 is 0. The molecule has 0 aliphatic carbocycles. The van der Waals surface area contributed by atoms with Gasteiger partial charge in [-0.15, -0.1) is 0 Å². The number of rotatable bonds is 0. The number of carboxylic acid groups (broad SMARTS) is 1. The van der Waals surface area contributed by atoms with E-state index >= 15 is 0 Å². The van der Waals surface area contributed by atoms with Crippen LogP contribution in [0.25, 0.3) is 0 Å². The van der Waals surface area contributed by atoms with E-state index in [-0.39, 0.29) is 0 Å². The molecule has 0 bridgehead atoms. The number of carbonyl (C=O) groups is 1. The predicted octanol–water partition coefficient (Wildman–Crippen LogP) is -1.57. The van der Waals surface area contributed by atoms with E-state index in [1.54, 1.807) is 6.08 Å². The van der Waals surface area contributed by atoms with Gasteiger partial charge in [0, 0.05) is 19.3 Å². The van der Waals surface area contributed by atoms with Crippen LogP contribution in [0.5, 0.6) is 0 Å². The monoisotopic (exact) mass is 167 g/mol. The molecule has 0 saturated carbocycles. The quantitative estimate of drug-likeness (QED) is 0.409. The zero-order chi connectivity index (χ0) is 8.72.